The molecule has 0 spiro atoms. The fourth-order valence-electron chi connectivity index (χ4n) is 0.886. The van der Waals surface area contributed by atoms with E-state index in [-0.39, 0.29) is 0 Å². The van der Waals surface area contributed by atoms with E-state index in [1.165, 1.54) is 0 Å². The monoisotopic (exact) mass is 201 g/mol. The molecule has 1 aromatic rings. The predicted octanol–water partition coefficient (Wildman–Crippen LogP) is 2.00. The summed E-state index contributed by atoms with van der Waals surface area (Å²) in [7, 11) is 0. The van der Waals surface area contributed by atoms with Gasteiger partial charge in [-0.15, -0.1) is 0 Å². The lowest BCUT2D eigenvalue weighted by Gasteiger charge is -2.06. The van der Waals surface area contributed by atoms with Gasteiger partial charge in [0, 0.05) is 6.42 Å². The smallest absolute Gasteiger partial charge is 0.137 e. The summed E-state index contributed by atoms with van der Waals surface area (Å²) in [6.07, 6.45) is 0.752. The van der Waals surface area contributed by atoms with Crippen LogP contribution in [0.5, 0.6) is 5.75 Å². The first kappa shape index (κ1) is 10.3. The van der Waals surface area contributed by atoms with Crippen molar-refractivity contribution in [2.75, 3.05) is 13.2 Å². The Balaban J connectivity index is 2.32. The zero-order valence-corrected chi connectivity index (χ0v) is 7.96. The van der Waals surface area contributed by atoms with Crippen LogP contribution in [0.15, 0.2) is 24.3 Å². The largest absolute Gasteiger partial charge is 0.492 e. The molecule has 0 heterocycles. The highest BCUT2D eigenvalue weighted by Crippen LogP contribution is 2.22. The molecule has 0 aromatic heterocycles. The maximum atomic E-state index is 5.86. The lowest BCUT2D eigenvalue weighted by atomic mass is 10.3. The van der Waals surface area contributed by atoms with Gasteiger partial charge in [-0.05, 0) is 12.1 Å². The van der Waals surface area contributed by atoms with E-state index in [9.17, 15) is 0 Å². The van der Waals surface area contributed by atoms with E-state index in [0.29, 0.717) is 24.0 Å². The van der Waals surface area contributed by atoms with Gasteiger partial charge >= 0.3 is 0 Å². The van der Waals surface area contributed by atoms with Gasteiger partial charge in [0.1, 0.15) is 5.75 Å². The van der Waals surface area contributed by atoms with Crippen LogP contribution in [0, 0.1) is 0 Å². The molecule has 0 amide bonds. The van der Waals surface area contributed by atoms with E-state index < -0.39 is 0 Å². The van der Waals surface area contributed by atoms with Crippen LogP contribution in [0.2, 0.25) is 5.02 Å². The van der Waals surface area contributed by atoms with E-state index in [4.69, 9.17) is 22.2 Å². The van der Waals surface area contributed by atoms with Gasteiger partial charge in [-0.2, -0.15) is 0 Å². The summed E-state index contributed by atoms with van der Waals surface area (Å²) in [5.74, 6) is 5.55. The van der Waals surface area contributed by atoms with Crippen LogP contribution in [0.4, 0.5) is 0 Å². The number of para-hydroxylation sites is 1. The van der Waals surface area contributed by atoms with Crippen molar-refractivity contribution < 1.29 is 9.57 Å². The zero-order chi connectivity index (χ0) is 9.52. The van der Waals surface area contributed by atoms with Crippen LogP contribution >= 0.6 is 11.6 Å². The molecule has 3 nitrogen and oxygen atoms in total. The lowest BCUT2D eigenvalue weighted by molar-refractivity contribution is 0.122. The average molecular weight is 202 g/mol. The fourth-order valence-corrected chi connectivity index (χ4v) is 1.08. The van der Waals surface area contributed by atoms with Crippen molar-refractivity contribution in [1.82, 2.24) is 0 Å². The van der Waals surface area contributed by atoms with Crippen molar-refractivity contribution in [3.63, 3.8) is 0 Å². The molecule has 2 N–H and O–H groups in total. The van der Waals surface area contributed by atoms with Crippen LogP contribution < -0.4 is 10.6 Å². The van der Waals surface area contributed by atoms with Gasteiger partial charge in [0.05, 0.1) is 18.2 Å². The third-order valence-electron chi connectivity index (χ3n) is 1.50. The number of hydrogen-bond donors (Lipinski definition) is 1. The molecule has 4 heteroatoms. The van der Waals surface area contributed by atoms with Gasteiger partial charge in [-0.25, -0.2) is 5.90 Å². The van der Waals surface area contributed by atoms with Crippen LogP contribution in [0.1, 0.15) is 6.42 Å². The Labute approximate surface area is 82.4 Å². The molecular weight excluding hydrogens is 190 g/mol. The quantitative estimate of drug-likeness (QED) is 0.586. The molecule has 0 aliphatic carbocycles. The molecular formula is C9H12ClNO2. The molecule has 0 bridgehead atoms. The van der Waals surface area contributed by atoms with Crippen molar-refractivity contribution in [2.24, 2.45) is 5.90 Å². The van der Waals surface area contributed by atoms with Crippen LogP contribution in [0.3, 0.4) is 0 Å². The first-order valence-corrected chi connectivity index (χ1v) is 4.41. The molecule has 0 atom stereocenters. The number of halogens is 1. The highest BCUT2D eigenvalue weighted by atomic mass is 35.5. The topological polar surface area (TPSA) is 44.5 Å². The number of nitrogens with two attached hydrogens (primary N) is 1. The highest BCUT2D eigenvalue weighted by molar-refractivity contribution is 6.32. The molecule has 72 valence electrons. The Morgan fingerprint density at radius 1 is 1.23 bits per heavy atom. The molecule has 13 heavy (non-hydrogen) atoms. The maximum absolute atomic E-state index is 5.86. The minimum absolute atomic E-state index is 0.491. The summed E-state index contributed by atoms with van der Waals surface area (Å²) in [6, 6.07) is 7.35. The Morgan fingerprint density at radius 2 is 2.00 bits per heavy atom. The van der Waals surface area contributed by atoms with E-state index in [1.54, 1.807) is 6.07 Å². The second-order valence-corrected chi connectivity index (χ2v) is 2.91. The summed E-state index contributed by atoms with van der Waals surface area (Å²) >= 11 is 5.86. The summed E-state index contributed by atoms with van der Waals surface area (Å²) < 4.78 is 5.37. The number of ether oxygens (including phenoxy) is 1. The fraction of sp³-hybridized carbons (Fsp3) is 0.333. The summed E-state index contributed by atoms with van der Waals surface area (Å²) in [5, 5.41) is 0.621. The summed E-state index contributed by atoms with van der Waals surface area (Å²) in [5.41, 5.74) is 0. The Morgan fingerprint density at radius 3 is 2.69 bits per heavy atom. The number of hydrogen-bond acceptors (Lipinski definition) is 3. The van der Waals surface area contributed by atoms with E-state index in [2.05, 4.69) is 4.84 Å². The van der Waals surface area contributed by atoms with Gasteiger partial charge in [0.25, 0.3) is 0 Å². The predicted molar refractivity (Wildman–Crippen MR) is 51.7 cm³/mol. The van der Waals surface area contributed by atoms with Crippen molar-refractivity contribution in [3.8, 4) is 5.75 Å². The van der Waals surface area contributed by atoms with Crippen molar-refractivity contribution in [2.45, 2.75) is 6.42 Å². The second kappa shape index (κ2) is 5.80. The van der Waals surface area contributed by atoms with Crippen molar-refractivity contribution >= 4 is 11.6 Å². The molecule has 1 rings (SSSR count). The average Bonchev–Trinajstić information content (AvgIpc) is 2.15. The molecule has 0 aliphatic heterocycles. The second-order valence-electron chi connectivity index (χ2n) is 2.50. The van der Waals surface area contributed by atoms with E-state index in [0.717, 1.165) is 6.42 Å². The third kappa shape index (κ3) is 3.63. The van der Waals surface area contributed by atoms with Gasteiger partial charge in [0.2, 0.25) is 0 Å². The molecule has 1 aromatic carbocycles. The number of rotatable bonds is 5. The molecule has 0 saturated carbocycles. The minimum atomic E-state index is 0.491. The molecule has 0 aliphatic rings. The SMILES string of the molecule is NOCCCOc1ccccc1Cl. The van der Waals surface area contributed by atoms with Crippen LogP contribution in [-0.4, -0.2) is 13.2 Å². The van der Waals surface area contributed by atoms with Crippen LogP contribution in [0.25, 0.3) is 0 Å². The maximum Gasteiger partial charge on any atom is 0.137 e. The zero-order valence-electron chi connectivity index (χ0n) is 7.20. The molecule has 0 radical (unpaired) electrons. The van der Waals surface area contributed by atoms with Gasteiger partial charge in [-0.1, -0.05) is 23.7 Å². The Bertz CT molecular complexity index is 255. The normalized spacial score (nSPS) is 10.0. The summed E-state index contributed by atoms with van der Waals surface area (Å²) in [6.45, 7) is 1.05. The Kier molecular flexibility index (Phi) is 4.60. The number of benzene rings is 1. The van der Waals surface area contributed by atoms with Crippen molar-refractivity contribution in [3.05, 3.63) is 29.3 Å². The van der Waals surface area contributed by atoms with Gasteiger partial charge in [-0.3, -0.25) is 0 Å². The summed E-state index contributed by atoms with van der Waals surface area (Å²) in [4.78, 5) is 4.40. The molecule has 0 fully saturated rings. The van der Waals surface area contributed by atoms with Gasteiger partial charge < -0.3 is 9.57 Å². The van der Waals surface area contributed by atoms with Gasteiger partial charge in [0.15, 0.2) is 0 Å². The Hall–Kier alpha value is -0.770. The third-order valence-corrected chi connectivity index (χ3v) is 1.81. The van der Waals surface area contributed by atoms with Crippen molar-refractivity contribution in [1.29, 1.82) is 0 Å². The highest BCUT2D eigenvalue weighted by Gasteiger charge is 1.98. The standard InChI is InChI=1S/C9H12ClNO2/c10-8-4-1-2-5-9(8)12-6-3-7-13-11/h1-2,4-5H,3,6-7,11H2. The lowest BCUT2D eigenvalue weighted by Crippen LogP contribution is -2.06. The van der Waals surface area contributed by atoms with E-state index in [1.807, 2.05) is 18.2 Å². The first-order valence-electron chi connectivity index (χ1n) is 4.03. The first-order chi connectivity index (χ1) is 6.34. The molecule has 0 unspecified atom stereocenters. The molecule has 0 saturated heterocycles. The van der Waals surface area contributed by atoms with Crippen LogP contribution in [-0.2, 0) is 4.84 Å². The van der Waals surface area contributed by atoms with E-state index >= 15 is 0 Å². The minimum Gasteiger partial charge on any atom is -0.492 e.